The molecule has 0 aliphatic heterocycles. The minimum Gasteiger partial charge on any atom is -0.489 e. The van der Waals surface area contributed by atoms with E-state index < -0.39 is 0 Å². The molecule has 0 spiro atoms. The molecule has 0 amide bonds. The molecular weight excluding hydrogens is 334 g/mol. The fourth-order valence-electron chi connectivity index (χ4n) is 1.81. The first-order valence-corrected chi connectivity index (χ1v) is 8.35. The van der Waals surface area contributed by atoms with Gasteiger partial charge in [0.2, 0.25) is 0 Å². The van der Waals surface area contributed by atoms with Gasteiger partial charge in [-0.05, 0) is 37.3 Å². The van der Waals surface area contributed by atoms with Gasteiger partial charge in [-0.15, -0.1) is 11.3 Å². The van der Waals surface area contributed by atoms with Crippen molar-refractivity contribution in [3.05, 3.63) is 50.1 Å². The molecule has 4 heteroatoms. The van der Waals surface area contributed by atoms with Crippen LogP contribution in [0.4, 0.5) is 0 Å². The molecular formula is C16H20BrNOS. The largest absolute Gasteiger partial charge is 0.489 e. The lowest BCUT2D eigenvalue weighted by atomic mass is 10.2. The Hall–Kier alpha value is -0.840. The van der Waals surface area contributed by atoms with Gasteiger partial charge in [0.25, 0.3) is 0 Å². The van der Waals surface area contributed by atoms with Crippen molar-refractivity contribution in [1.29, 1.82) is 0 Å². The van der Waals surface area contributed by atoms with Crippen molar-refractivity contribution in [2.45, 2.75) is 40.0 Å². The molecule has 2 rings (SSSR count). The Bertz CT molecular complexity index is 548. The highest BCUT2D eigenvalue weighted by Crippen LogP contribution is 2.24. The molecule has 0 aliphatic rings. The Balaban J connectivity index is 1.94. The SMILES string of the molecule is Cc1sc(CNC(C)C)cc1COc1ccc(Br)cc1. The summed E-state index contributed by atoms with van der Waals surface area (Å²) in [6, 6.07) is 10.7. The summed E-state index contributed by atoms with van der Waals surface area (Å²) in [5, 5.41) is 3.45. The zero-order chi connectivity index (χ0) is 14.5. The zero-order valence-electron chi connectivity index (χ0n) is 12.1. The number of halogens is 1. The first-order chi connectivity index (χ1) is 9.54. The summed E-state index contributed by atoms with van der Waals surface area (Å²) in [5.74, 6) is 0.903. The van der Waals surface area contributed by atoms with Crippen LogP contribution in [0, 0.1) is 6.92 Å². The third-order valence-electron chi connectivity index (χ3n) is 2.96. The van der Waals surface area contributed by atoms with Crippen LogP contribution in [0.2, 0.25) is 0 Å². The molecule has 0 bridgehead atoms. The maximum atomic E-state index is 5.83. The van der Waals surface area contributed by atoms with E-state index >= 15 is 0 Å². The van der Waals surface area contributed by atoms with E-state index in [0.29, 0.717) is 12.6 Å². The van der Waals surface area contributed by atoms with Gasteiger partial charge in [0.15, 0.2) is 0 Å². The number of aryl methyl sites for hydroxylation is 1. The standard InChI is InChI=1S/C16H20BrNOS/c1-11(2)18-9-16-8-13(12(3)20-16)10-19-15-6-4-14(17)5-7-15/h4-8,11,18H,9-10H2,1-3H3. The summed E-state index contributed by atoms with van der Waals surface area (Å²) >= 11 is 5.27. The quantitative estimate of drug-likeness (QED) is 0.797. The summed E-state index contributed by atoms with van der Waals surface area (Å²) in [6.45, 7) is 8.05. The highest BCUT2D eigenvalue weighted by Gasteiger charge is 2.07. The lowest BCUT2D eigenvalue weighted by molar-refractivity contribution is 0.306. The van der Waals surface area contributed by atoms with E-state index in [0.717, 1.165) is 16.8 Å². The van der Waals surface area contributed by atoms with E-state index in [2.05, 4.69) is 48.1 Å². The molecule has 0 saturated carbocycles. The molecule has 0 atom stereocenters. The maximum Gasteiger partial charge on any atom is 0.119 e. The Morgan fingerprint density at radius 1 is 1.25 bits per heavy atom. The van der Waals surface area contributed by atoms with E-state index in [1.54, 1.807) is 0 Å². The topological polar surface area (TPSA) is 21.3 Å². The molecule has 2 nitrogen and oxygen atoms in total. The molecule has 0 radical (unpaired) electrons. The van der Waals surface area contributed by atoms with Crippen LogP contribution < -0.4 is 10.1 Å². The highest BCUT2D eigenvalue weighted by atomic mass is 79.9. The minimum atomic E-state index is 0.514. The average molecular weight is 354 g/mol. The molecule has 20 heavy (non-hydrogen) atoms. The van der Waals surface area contributed by atoms with Gasteiger partial charge in [-0.25, -0.2) is 0 Å². The number of rotatable bonds is 6. The molecule has 108 valence electrons. The van der Waals surface area contributed by atoms with Gasteiger partial charge >= 0.3 is 0 Å². The van der Waals surface area contributed by atoms with Gasteiger partial charge in [0, 0.05) is 32.4 Å². The van der Waals surface area contributed by atoms with Crippen LogP contribution in [0.1, 0.15) is 29.2 Å². The maximum absolute atomic E-state index is 5.83. The Kier molecular flexibility index (Phi) is 5.64. The summed E-state index contributed by atoms with van der Waals surface area (Å²) in [4.78, 5) is 2.70. The van der Waals surface area contributed by atoms with Crippen LogP contribution in [0.15, 0.2) is 34.8 Å². The van der Waals surface area contributed by atoms with Crippen molar-refractivity contribution in [2.75, 3.05) is 0 Å². The smallest absolute Gasteiger partial charge is 0.119 e. The van der Waals surface area contributed by atoms with Crippen molar-refractivity contribution in [3.63, 3.8) is 0 Å². The lowest BCUT2D eigenvalue weighted by Crippen LogP contribution is -2.21. The van der Waals surface area contributed by atoms with Gasteiger partial charge in [-0.2, -0.15) is 0 Å². The molecule has 1 heterocycles. The summed E-state index contributed by atoms with van der Waals surface area (Å²) in [6.07, 6.45) is 0. The van der Waals surface area contributed by atoms with Crippen LogP contribution in [-0.2, 0) is 13.2 Å². The molecule has 2 aromatic rings. The number of benzene rings is 1. The zero-order valence-corrected chi connectivity index (χ0v) is 14.5. The molecule has 0 aliphatic carbocycles. The molecule has 0 unspecified atom stereocenters. The fraction of sp³-hybridized carbons (Fsp3) is 0.375. The second-order valence-corrected chi connectivity index (χ2v) is 7.33. The van der Waals surface area contributed by atoms with Crippen LogP contribution in [0.5, 0.6) is 5.75 Å². The van der Waals surface area contributed by atoms with E-state index in [1.165, 1.54) is 15.3 Å². The van der Waals surface area contributed by atoms with E-state index in [1.807, 2.05) is 35.6 Å². The molecule has 0 saturated heterocycles. The Morgan fingerprint density at radius 3 is 2.60 bits per heavy atom. The van der Waals surface area contributed by atoms with Gasteiger partial charge in [0.1, 0.15) is 12.4 Å². The number of hydrogen-bond acceptors (Lipinski definition) is 3. The normalized spacial score (nSPS) is 11.1. The molecule has 1 aromatic heterocycles. The van der Waals surface area contributed by atoms with Crippen LogP contribution in [0.25, 0.3) is 0 Å². The summed E-state index contributed by atoms with van der Waals surface area (Å²) in [7, 11) is 0. The van der Waals surface area contributed by atoms with Crippen LogP contribution in [-0.4, -0.2) is 6.04 Å². The van der Waals surface area contributed by atoms with Gasteiger partial charge < -0.3 is 10.1 Å². The number of nitrogens with one attached hydrogen (secondary N) is 1. The van der Waals surface area contributed by atoms with Crippen molar-refractivity contribution >= 4 is 27.3 Å². The number of thiophene rings is 1. The lowest BCUT2D eigenvalue weighted by Gasteiger charge is -2.06. The van der Waals surface area contributed by atoms with Crippen molar-refractivity contribution in [2.24, 2.45) is 0 Å². The van der Waals surface area contributed by atoms with Crippen molar-refractivity contribution < 1.29 is 4.74 Å². The number of hydrogen-bond donors (Lipinski definition) is 1. The van der Waals surface area contributed by atoms with Gasteiger partial charge in [0.05, 0.1) is 0 Å². The first-order valence-electron chi connectivity index (χ1n) is 6.74. The first kappa shape index (κ1) is 15.5. The van der Waals surface area contributed by atoms with E-state index in [9.17, 15) is 0 Å². The third-order valence-corrected chi connectivity index (χ3v) is 4.59. The molecule has 1 aromatic carbocycles. The highest BCUT2D eigenvalue weighted by molar-refractivity contribution is 9.10. The van der Waals surface area contributed by atoms with E-state index in [4.69, 9.17) is 4.74 Å². The predicted octanol–water partition coefficient (Wildman–Crippen LogP) is 4.90. The third kappa shape index (κ3) is 4.62. The number of ether oxygens (including phenoxy) is 1. The Morgan fingerprint density at radius 2 is 1.95 bits per heavy atom. The minimum absolute atomic E-state index is 0.514. The predicted molar refractivity (Wildman–Crippen MR) is 89.5 cm³/mol. The second kappa shape index (κ2) is 7.25. The van der Waals surface area contributed by atoms with Gasteiger partial charge in [-0.3, -0.25) is 0 Å². The van der Waals surface area contributed by atoms with Gasteiger partial charge in [-0.1, -0.05) is 29.8 Å². The van der Waals surface area contributed by atoms with Crippen LogP contribution >= 0.6 is 27.3 Å². The van der Waals surface area contributed by atoms with Crippen molar-refractivity contribution in [3.8, 4) is 5.75 Å². The molecule has 0 fully saturated rings. The van der Waals surface area contributed by atoms with Crippen molar-refractivity contribution in [1.82, 2.24) is 5.32 Å². The fourth-order valence-corrected chi connectivity index (χ4v) is 3.08. The molecule has 1 N–H and O–H groups in total. The second-order valence-electron chi connectivity index (χ2n) is 5.07. The summed E-state index contributed by atoms with van der Waals surface area (Å²) in [5.41, 5.74) is 1.28. The monoisotopic (exact) mass is 353 g/mol. The Labute approximate surface area is 133 Å². The van der Waals surface area contributed by atoms with E-state index in [-0.39, 0.29) is 0 Å². The average Bonchev–Trinajstić information content (AvgIpc) is 2.76. The summed E-state index contributed by atoms with van der Waals surface area (Å²) < 4.78 is 6.90. The van der Waals surface area contributed by atoms with Crippen LogP contribution in [0.3, 0.4) is 0 Å².